The normalized spacial score (nSPS) is 11.0. The van der Waals surface area contributed by atoms with Gasteiger partial charge in [0.25, 0.3) is 0 Å². The Balaban J connectivity index is 2.08. The van der Waals surface area contributed by atoms with Gasteiger partial charge < -0.3 is 35.1 Å². The number of rotatable bonds is 6. The first-order valence-corrected chi connectivity index (χ1v) is 10.6. The van der Waals surface area contributed by atoms with Gasteiger partial charge in [-0.25, -0.2) is 9.59 Å². The standard InChI is InChI=1S/C24H23N3O7/c1-4-31-23(29)17-14-10-15-18(19(22(26)33-15)24(30)32-5-2)16(20(14)34-21(17)25)12-6-8-13(9-7-12)27-11(3)28/h6-10H,4-5,25-26H2,1-3H3,(H,27,28). The zero-order valence-corrected chi connectivity index (χ0v) is 18.8. The van der Waals surface area contributed by atoms with Crippen LogP contribution in [0.5, 0.6) is 0 Å². The lowest BCUT2D eigenvalue weighted by Crippen LogP contribution is -2.07. The number of anilines is 3. The topological polar surface area (TPSA) is 160 Å². The fourth-order valence-electron chi connectivity index (χ4n) is 3.87. The third-order valence-electron chi connectivity index (χ3n) is 5.14. The van der Waals surface area contributed by atoms with Crippen LogP contribution in [0.15, 0.2) is 39.2 Å². The molecular weight excluding hydrogens is 442 g/mol. The summed E-state index contributed by atoms with van der Waals surface area (Å²) < 4.78 is 21.9. The first-order chi connectivity index (χ1) is 16.3. The molecule has 0 spiro atoms. The number of nitrogen functional groups attached to an aromatic ring is 2. The van der Waals surface area contributed by atoms with E-state index in [9.17, 15) is 14.4 Å². The van der Waals surface area contributed by atoms with Crippen LogP contribution < -0.4 is 16.8 Å². The summed E-state index contributed by atoms with van der Waals surface area (Å²) >= 11 is 0. The number of benzene rings is 2. The van der Waals surface area contributed by atoms with Crippen molar-refractivity contribution in [2.75, 3.05) is 30.0 Å². The van der Waals surface area contributed by atoms with Gasteiger partial charge in [-0.05, 0) is 37.6 Å². The number of carbonyl (C=O) groups is 3. The Labute approximate surface area is 193 Å². The number of furan rings is 2. The molecule has 0 atom stereocenters. The van der Waals surface area contributed by atoms with Crippen LogP contribution in [0, 0.1) is 0 Å². The summed E-state index contributed by atoms with van der Waals surface area (Å²) in [5.74, 6) is -1.82. The first-order valence-electron chi connectivity index (χ1n) is 10.6. The van der Waals surface area contributed by atoms with Gasteiger partial charge in [0.2, 0.25) is 17.7 Å². The zero-order valence-electron chi connectivity index (χ0n) is 18.8. The Morgan fingerprint density at radius 1 is 0.912 bits per heavy atom. The second-order valence-electron chi connectivity index (χ2n) is 7.38. The van der Waals surface area contributed by atoms with Crippen LogP contribution in [-0.4, -0.2) is 31.1 Å². The molecule has 0 radical (unpaired) electrons. The molecule has 176 valence electrons. The Hall–Kier alpha value is -4.47. The Morgan fingerprint density at radius 3 is 2.09 bits per heavy atom. The first kappa shape index (κ1) is 22.7. The molecule has 10 nitrogen and oxygen atoms in total. The van der Waals surface area contributed by atoms with Gasteiger partial charge in [0.1, 0.15) is 22.3 Å². The van der Waals surface area contributed by atoms with E-state index in [0.29, 0.717) is 27.6 Å². The van der Waals surface area contributed by atoms with Crippen molar-refractivity contribution in [3.8, 4) is 11.1 Å². The van der Waals surface area contributed by atoms with Crippen molar-refractivity contribution in [2.24, 2.45) is 0 Å². The number of amides is 1. The van der Waals surface area contributed by atoms with Crippen LogP contribution in [0.4, 0.5) is 17.5 Å². The SMILES string of the molecule is CCOC(=O)c1c(N)oc2c(-c3ccc(NC(C)=O)cc3)c3c(C(=O)OCC)c(N)oc3cc12. The second-order valence-corrected chi connectivity index (χ2v) is 7.38. The van der Waals surface area contributed by atoms with Gasteiger partial charge in [-0.3, -0.25) is 4.79 Å². The van der Waals surface area contributed by atoms with Crippen LogP contribution in [0.3, 0.4) is 0 Å². The fourth-order valence-corrected chi connectivity index (χ4v) is 3.87. The molecule has 4 rings (SSSR count). The van der Waals surface area contributed by atoms with Gasteiger partial charge in [0.05, 0.1) is 13.2 Å². The van der Waals surface area contributed by atoms with Crippen molar-refractivity contribution < 1.29 is 32.7 Å². The van der Waals surface area contributed by atoms with Gasteiger partial charge in [-0.2, -0.15) is 0 Å². The molecule has 0 aliphatic heterocycles. The predicted molar refractivity (Wildman–Crippen MR) is 126 cm³/mol. The van der Waals surface area contributed by atoms with Crippen LogP contribution in [-0.2, 0) is 14.3 Å². The fraction of sp³-hybridized carbons (Fsp3) is 0.208. The Bertz CT molecular complexity index is 1430. The van der Waals surface area contributed by atoms with Crippen LogP contribution in [0.1, 0.15) is 41.5 Å². The summed E-state index contributed by atoms with van der Waals surface area (Å²) in [6.07, 6.45) is 0. The molecule has 2 aromatic heterocycles. The Morgan fingerprint density at radius 2 is 1.50 bits per heavy atom. The van der Waals surface area contributed by atoms with E-state index < -0.39 is 11.9 Å². The van der Waals surface area contributed by atoms with E-state index in [1.54, 1.807) is 38.1 Å². The molecule has 0 fully saturated rings. The molecule has 0 saturated heterocycles. The molecule has 0 aliphatic rings. The predicted octanol–water partition coefficient (Wildman–Crippen LogP) is 4.32. The van der Waals surface area contributed by atoms with Gasteiger partial charge in [-0.15, -0.1) is 0 Å². The lowest BCUT2D eigenvalue weighted by Gasteiger charge is -2.09. The number of carbonyl (C=O) groups excluding carboxylic acids is 3. The van der Waals surface area contributed by atoms with Crippen molar-refractivity contribution in [3.63, 3.8) is 0 Å². The molecule has 5 N–H and O–H groups in total. The molecule has 0 saturated carbocycles. The number of nitrogens with one attached hydrogen (secondary N) is 1. The summed E-state index contributed by atoms with van der Waals surface area (Å²) in [7, 11) is 0. The van der Waals surface area contributed by atoms with Crippen molar-refractivity contribution in [1.29, 1.82) is 0 Å². The smallest absolute Gasteiger partial charge is 0.344 e. The molecular formula is C24H23N3O7. The minimum absolute atomic E-state index is 0.0346. The summed E-state index contributed by atoms with van der Waals surface area (Å²) in [6, 6.07) is 8.35. The van der Waals surface area contributed by atoms with Gasteiger partial charge in [-0.1, -0.05) is 12.1 Å². The van der Waals surface area contributed by atoms with E-state index in [0.717, 1.165) is 0 Å². The average molecular weight is 465 g/mol. The molecule has 2 aromatic carbocycles. The van der Waals surface area contributed by atoms with Crippen LogP contribution in [0.25, 0.3) is 33.1 Å². The summed E-state index contributed by atoms with van der Waals surface area (Å²) in [5, 5.41) is 3.38. The van der Waals surface area contributed by atoms with Gasteiger partial charge >= 0.3 is 11.9 Å². The quantitative estimate of drug-likeness (QED) is 0.352. The third-order valence-corrected chi connectivity index (χ3v) is 5.14. The minimum atomic E-state index is -0.667. The highest BCUT2D eigenvalue weighted by atomic mass is 16.5. The van der Waals surface area contributed by atoms with E-state index in [-0.39, 0.29) is 53.2 Å². The zero-order chi connectivity index (χ0) is 24.6. The highest BCUT2D eigenvalue weighted by Gasteiger charge is 2.30. The van der Waals surface area contributed by atoms with Gasteiger partial charge in [0.15, 0.2) is 0 Å². The van der Waals surface area contributed by atoms with Crippen molar-refractivity contribution in [2.45, 2.75) is 20.8 Å². The number of hydrogen-bond donors (Lipinski definition) is 3. The number of nitrogens with two attached hydrogens (primary N) is 2. The number of ether oxygens (including phenoxy) is 2. The number of hydrogen-bond acceptors (Lipinski definition) is 9. The highest BCUT2D eigenvalue weighted by molar-refractivity contribution is 6.22. The van der Waals surface area contributed by atoms with E-state index in [4.69, 9.17) is 29.8 Å². The molecule has 34 heavy (non-hydrogen) atoms. The molecule has 2 heterocycles. The van der Waals surface area contributed by atoms with Crippen molar-refractivity contribution in [1.82, 2.24) is 0 Å². The van der Waals surface area contributed by atoms with E-state index in [2.05, 4.69) is 5.32 Å². The summed E-state index contributed by atoms with van der Waals surface area (Å²) in [5.41, 5.74) is 14.3. The third kappa shape index (κ3) is 3.79. The highest BCUT2D eigenvalue weighted by Crippen LogP contribution is 2.45. The van der Waals surface area contributed by atoms with E-state index in [1.807, 2.05) is 0 Å². The van der Waals surface area contributed by atoms with Crippen molar-refractivity contribution >= 4 is 57.2 Å². The largest absolute Gasteiger partial charge is 0.462 e. The lowest BCUT2D eigenvalue weighted by atomic mass is 9.95. The van der Waals surface area contributed by atoms with E-state index >= 15 is 0 Å². The molecule has 1 amide bonds. The summed E-state index contributed by atoms with van der Waals surface area (Å²) in [4.78, 5) is 36.8. The summed E-state index contributed by atoms with van der Waals surface area (Å²) in [6.45, 7) is 5.03. The lowest BCUT2D eigenvalue weighted by molar-refractivity contribution is -0.114. The maximum Gasteiger partial charge on any atom is 0.344 e. The Kier molecular flexibility index (Phi) is 5.89. The monoisotopic (exact) mass is 465 g/mol. The maximum atomic E-state index is 12.8. The van der Waals surface area contributed by atoms with E-state index in [1.165, 1.54) is 13.0 Å². The molecule has 0 aliphatic carbocycles. The molecule has 0 bridgehead atoms. The number of fused-ring (bicyclic) bond motifs is 2. The van der Waals surface area contributed by atoms with Gasteiger partial charge in [0, 0.05) is 28.9 Å². The molecule has 10 heteroatoms. The second kappa shape index (κ2) is 8.81. The number of esters is 2. The minimum Gasteiger partial charge on any atom is -0.462 e. The van der Waals surface area contributed by atoms with Crippen molar-refractivity contribution in [3.05, 3.63) is 41.5 Å². The van der Waals surface area contributed by atoms with Crippen LogP contribution in [0.2, 0.25) is 0 Å². The molecule has 0 unspecified atom stereocenters. The average Bonchev–Trinajstić information content (AvgIpc) is 3.27. The molecule has 4 aromatic rings. The van der Waals surface area contributed by atoms with Crippen LogP contribution >= 0.6 is 0 Å². The maximum absolute atomic E-state index is 12.8.